The number of ketones is 1. The van der Waals surface area contributed by atoms with Gasteiger partial charge >= 0.3 is 0 Å². The second kappa shape index (κ2) is 2.39. The van der Waals surface area contributed by atoms with E-state index in [0.717, 1.165) is 0 Å². The van der Waals surface area contributed by atoms with Crippen molar-refractivity contribution in [2.75, 3.05) is 0 Å². The van der Waals surface area contributed by atoms with Crippen LogP contribution in [0.2, 0.25) is 0 Å². The van der Waals surface area contributed by atoms with Gasteiger partial charge in [-0.15, -0.1) is 0 Å². The van der Waals surface area contributed by atoms with Crippen LogP contribution < -0.4 is 5.73 Å². The molecule has 0 aliphatic heterocycles. The Morgan fingerprint density at radius 1 is 1.60 bits per heavy atom. The highest BCUT2D eigenvalue weighted by molar-refractivity contribution is 5.88. The van der Waals surface area contributed by atoms with Crippen molar-refractivity contribution in [3.05, 3.63) is 24.3 Å². The fourth-order valence-electron chi connectivity index (χ4n) is 0.898. The number of hydrogen-bond donors (Lipinski definition) is 1. The van der Waals surface area contributed by atoms with Crippen molar-refractivity contribution in [3.63, 3.8) is 0 Å². The number of carbonyl (C=O) groups is 1. The molecule has 2 heteroatoms. The first-order chi connectivity index (χ1) is 4.65. The highest BCUT2D eigenvalue weighted by Gasteiger charge is 2.26. The van der Waals surface area contributed by atoms with Crippen molar-refractivity contribution in [2.24, 2.45) is 5.73 Å². The average molecular weight is 137 g/mol. The molecule has 0 aromatic rings. The maximum Gasteiger partial charge on any atom is 0.153 e. The van der Waals surface area contributed by atoms with E-state index in [0.29, 0.717) is 6.42 Å². The van der Waals surface area contributed by atoms with Crippen LogP contribution in [0, 0.1) is 0 Å². The third-order valence-electron chi connectivity index (χ3n) is 1.75. The molecule has 0 spiro atoms. The van der Waals surface area contributed by atoms with Gasteiger partial charge in [0.15, 0.2) is 5.78 Å². The van der Waals surface area contributed by atoms with E-state index in [1.165, 1.54) is 6.92 Å². The first-order valence-corrected chi connectivity index (χ1v) is 3.29. The second-order valence-corrected chi connectivity index (χ2v) is 2.59. The van der Waals surface area contributed by atoms with Crippen LogP contribution in [0.15, 0.2) is 24.3 Å². The molecule has 1 atom stereocenters. The van der Waals surface area contributed by atoms with Gasteiger partial charge < -0.3 is 5.73 Å². The summed E-state index contributed by atoms with van der Waals surface area (Å²) in [5.41, 5.74) is 4.99. The van der Waals surface area contributed by atoms with Crippen LogP contribution >= 0.6 is 0 Å². The number of carbonyl (C=O) groups excluding carboxylic acids is 1. The predicted octanol–water partition coefficient (Wildman–Crippen LogP) is 0.789. The molecule has 0 amide bonds. The van der Waals surface area contributed by atoms with Gasteiger partial charge in [-0.3, -0.25) is 4.79 Å². The topological polar surface area (TPSA) is 43.1 Å². The summed E-state index contributed by atoms with van der Waals surface area (Å²) in [5, 5.41) is 0. The van der Waals surface area contributed by atoms with Gasteiger partial charge in [0.25, 0.3) is 0 Å². The summed E-state index contributed by atoms with van der Waals surface area (Å²) in [6, 6.07) is 0. The fourth-order valence-corrected chi connectivity index (χ4v) is 0.898. The number of Topliss-reactive ketones (excluding diaryl/α,β-unsaturated/α-hetero) is 1. The van der Waals surface area contributed by atoms with E-state index in [1.807, 2.05) is 18.2 Å². The van der Waals surface area contributed by atoms with E-state index >= 15 is 0 Å². The Balaban J connectivity index is 2.80. The summed E-state index contributed by atoms with van der Waals surface area (Å²) in [5.74, 6) is 0.0214. The molecular weight excluding hydrogens is 126 g/mol. The van der Waals surface area contributed by atoms with Gasteiger partial charge in [-0.05, 0) is 13.3 Å². The van der Waals surface area contributed by atoms with Crippen molar-refractivity contribution < 1.29 is 4.79 Å². The molecule has 2 N–H and O–H groups in total. The molecule has 0 bridgehead atoms. The van der Waals surface area contributed by atoms with Crippen molar-refractivity contribution in [2.45, 2.75) is 18.9 Å². The molecule has 0 radical (unpaired) electrons. The Morgan fingerprint density at radius 3 is 2.60 bits per heavy atom. The maximum atomic E-state index is 10.9. The van der Waals surface area contributed by atoms with Crippen LogP contribution in [-0.2, 0) is 4.79 Å². The van der Waals surface area contributed by atoms with Crippen molar-refractivity contribution in [1.29, 1.82) is 0 Å². The quantitative estimate of drug-likeness (QED) is 0.580. The lowest BCUT2D eigenvalue weighted by molar-refractivity contribution is -0.120. The highest BCUT2D eigenvalue weighted by atomic mass is 16.1. The Hall–Kier alpha value is -0.890. The standard InChI is InChI=1S/C8H11NO/c1-7(10)8(9)5-3-2-4-6-8/h2-5H,6,9H2,1H3. The summed E-state index contributed by atoms with van der Waals surface area (Å²) < 4.78 is 0. The van der Waals surface area contributed by atoms with E-state index in [4.69, 9.17) is 5.73 Å². The predicted molar refractivity (Wildman–Crippen MR) is 40.5 cm³/mol. The fraction of sp³-hybridized carbons (Fsp3) is 0.375. The van der Waals surface area contributed by atoms with Gasteiger partial charge in [-0.2, -0.15) is 0 Å². The van der Waals surface area contributed by atoms with Crippen LogP contribution in [0.1, 0.15) is 13.3 Å². The van der Waals surface area contributed by atoms with Gasteiger partial charge in [0.1, 0.15) is 0 Å². The zero-order valence-corrected chi connectivity index (χ0v) is 6.00. The molecule has 54 valence electrons. The summed E-state index contributed by atoms with van der Waals surface area (Å²) >= 11 is 0. The van der Waals surface area contributed by atoms with Crippen LogP contribution in [0.25, 0.3) is 0 Å². The molecule has 0 aromatic carbocycles. The molecular formula is C8H11NO. The van der Waals surface area contributed by atoms with E-state index < -0.39 is 5.54 Å². The third-order valence-corrected chi connectivity index (χ3v) is 1.75. The number of rotatable bonds is 1. The zero-order valence-electron chi connectivity index (χ0n) is 6.00. The van der Waals surface area contributed by atoms with E-state index in [9.17, 15) is 4.79 Å². The van der Waals surface area contributed by atoms with E-state index in [1.54, 1.807) is 6.08 Å². The lowest BCUT2D eigenvalue weighted by atomic mass is 9.89. The Kier molecular flexibility index (Phi) is 1.72. The first kappa shape index (κ1) is 7.22. The summed E-state index contributed by atoms with van der Waals surface area (Å²) in [6.07, 6.45) is 7.98. The van der Waals surface area contributed by atoms with Gasteiger partial charge in [-0.1, -0.05) is 24.3 Å². The van der Waals surface area contributed by atoms with Gasteiger partial charge in [0.2, 0.25) is 0 Å². The average Bonchev–Trinajstić information content (AvgIpc) is 1.89. The molecule has 0 saturated heterocycles. The minimum absolute atomic E-state index is 0.0214. The van der Waals surface area contributed by atoms with Gasteiger partial charge in [0, 0.05) is 0 Å². The molecule has 0 fully saturated rings. The zero-order chi connectivity index (χ0) is 7.61. The summed E-state index contributed by atoms with van der Waals surface area (Å²) in [7, 11) is 0. The third kappa shape index (κ3) is 1.16. The van der Waals surface area contributed by atoms with Crippen LogP contribution in [0.3, 0.4) is 0 Å². The molecule has 1 unspecified atom stereocenters. The van der Waals surface area contributed by atoms with Crippen LogP contribution in [0.5, 0.6) is 0 Å². The molecule has 2 nitrogen and oxygen atoms in total. The molecule has 1 aliphatic rings. The SMILES string of the molecule is CC(=O)C1(N)C=CC=CC1. The summed E-state index contributed by atoms with van der Waals surface area (Å²) in [4.78, 5) is 10.9. The Bertz CT molecular complexity index is 205. The molecule has 0 heterocycles. The minimum Gasteiger partial charge on any atom is -0.316 e. The van der Waals surface area contributed by atoms with Crippen molar-refractivity contribution in [3.8, 4) is 0 Å². The molecule has 10 heavy (non-hydrogen) atoms. The normalized spacial score (nSPS) is 30.6. The molecule has 0 saturated carbocycles. The van der Waals surface area contributed by atoms with Crippen molar-refractivity contribution in [1.82, 2.24) is 0 Å². The highest BCUT2D eigenvalue weighted by Crippen LogP contribution is 2.14. The van der Waals surface area contributed by atoms with E-state index in [-0.39, 0.29) is 5.78 Å². The minimum atomic E-state index is -0.727. The van der Waals surface area contributed by atoms with Crippen molar-refractivity contribution >= 4 is 5.78 Å². The lowest BCUT2D eigenvalue weighted by Gasteiger charge is -2.22. The first-order valence-electron chi connectivity index (χ1n) is 3.29. The maximum absolute atomic E-state index is 10.9. The van der Waals surface area contributed by atoms with Gasteiger partial charge in [0.05, 0.1) is 5.54 Å². The Morgan fingerprint density at radius 2 is 2.30 bits per heavy atom. The monoisotopic (exact) mass is 137 g/mol. The number of nitrogens with two attached hydrogens (primary N) is 1. The van der Waals surface area contributed by atoms with Crippen LogP contribution in [0.4, 0.5) is 0 Å². The molecule has 1 rings (SSSR count). The lowest BCUT2D eigenvalue weighted by Crippen LogP contribution is -2.44. The number of allylic oxidation sites excluding steroid dienone is 2. The molecule has 1 aliphatic carbocycles. The summed E-state index contributed by atoms with van der Waals surface area (Å²) in [6.45, 7) is 1.52. The molecule has 0 aromatic heterocycles. The smallest absolute Gasteiger partial charge is 0.153 e. The second-order valence-electron chi connectivity index (χ2n) is 2.59. The Labute approximate surface area is 60.4 Å². The largest absolute Gasteiger partial charge is 0.316 e. The number of hydrogen-bond acceptors (Lipinski definition) is 2. The van der Waals surface area contributed by atoms with Crippen LogP contribution in [-0.4, -0.2) is 11.3 Å². The van der Waals surface area contributed by atoms with Gasteiger partial charge in [-0.25, -0.2) is 0 Å². The van der Waals surface area contributed by atoms with E-state index in [2.05, 4.69) is 0 Å².